The van der Waals surface area contributed by atoms with Crippen LogP contribution in [0.3, 0.4) is 0 Å². The van der Waals surface area contributed by atoms with E-state index in [2.05, 4.69) is 41.1 Å². The van der Waals surface area contributed by atoms with Crippen molar-refractivity contribution < 1.29 is 17.6 Å². The van der Waals surface area contributed by atoms with Crippen LogP contribution in [0.5, 0.6) is 0 Å². The van der Waals surface area contributed by atoms with Crippen LogP contribution in [-0.2, 0) is 14.8 Å². The minimum Gasteiger partial charge on any atom is -0.318 e. The number of aryl methyl sites for hydroxylation is 3. The molecule has 2 aromatic carbocycles. The lowest BCUT2D eigenvalue weighted by Gasteiger charge is -2.21. The van der Waals surface area contributed by atoms with E-state index in [9.17, 15) is 17.6 Å². The predicted octanol–water partition coefficient (Wildman–Crippen LogP) is 3.77. The number of carbonyl (C=O) groups excluding carboxylic acids is 1. The molecule has 7 nitrogen and oxygen atoms in total. The summed E-state index contributed by atoms with van der Waals surface area (Å²) in [5, 5.41) is 3.98. The quantitative estimate of drug-likeness (QED) is 0.422. The van der Waals surface area contributed by atoms with Gasteiger partial charge < -0.3 is 4.57 Å². The van der Waals surface area contributed by atoms with Crippen molar-refractivity contribution in [1.29, 1.82) is 0 Å². The zero-order chi connectivity index (χ0) is 24.3. The number of amides is 1. The molecule has 0 radical (unpaired) electrons. The zero-order valence-electron chi connectivity index (χ0n) is 19.3. The smallest absolute Gasteiger partial charge is 0.260 e. The molecule has 0 bridgehead atoms. The first kappa shape index (κ1) is 24.2. The van der Waals surface area contributed by atoms with Crippen LogP contribution in [0.1, 0.15) is 28.1 Å². The minimum absolute atomic E-state index is 0.198. The Kier molecular flexibility index (Phi) is 7.02. The lowest BCUT2D eigenvalue weighted by Crippen LogP contribution is -2.39. The third-order valence-electron chi connectivity index (χ3n) is 5.42. The average molecular weight is 471 g/mol. The van der Waals surface area contributed by atoms with E-state index in [1.54, 1.807) is 0 Å². The van der Waals surface area contributed by atoms with Gasteiger partial charge in [-0.05, 0) is 69.2 Å². The first-order valence-corrected chi connectivity index (χ1v) is 12.1. The van der Waals surface area contributed by atoms with Crippen LogP contribution >= 0.6 is 0 Å². The normalized spacial score (nSPS) is 11.7. The van der Waals surface area contributed by atoms with E-state index in [1.807, 2.05) is 26.0 Å². The summed E-state index contributed by atoms with van der Waals surface area (Å²) in [5.41, 5.74) is 8.32. The van der Waals surface area contributed by atoms with Gasteiger partial charge in [-0.15, -0.1) is 0 Å². The molecule has 1 N–H and O–H groups in total. The maximum atomic E-state index is 14.1. The van der Waals surface area contributed by atoms with Crippen LogP contribution < -0.4 is 9.73 Å². The molecular weight excluding hydrogens is 443 g/mol. The fourth-order valence-corrected chi connectivity index (χ4v) is 4.41. The number of benzene rings is 2. The number of nitrogens with one attached hydrogen (secondary N) is 1. The van der Waals surface area contributed by atoms with Crippen molar-refractivity contribution in [3.05, 3.63) is 82.4 Å². The van der Waals surface area contributed by atoms with Crippen molar-refractivity contribution in [3.8, 4) is 5.69 Å². The van der Waals surface area contributed by atoms with E-state index in [4.69, 9.17) is 0 Å². The summed E-state index contributed by atoms with van der Waals surface area (Å²) < 4.78 is 41.1. The number of rotatable bonds is 7. The highest BCUT2D eigenvalue weighted by Crippen LogP contribution is 2.22. The molecule has 0 saturated carbocycles. The summed E-state index contributed by atoms with van der Waals surface area (Å²) in [6.07, 6.45) is 2.42. The fourth-order valence-electron chi connectivity index (χ4n) is 3.55. The Morgan fingerprint density at radius 3 is 2.42 bits per heavy atom. The van der Waals surface area contributed by atoms with Gasteiger partial charge in [-0.2, -0.15) is 5.10 Å². The highest BCUT2D eigenvalue weighted by Gasteiger charge is 2.23. The minimum atomic E-state index is -3.88. The zero-order valence-corrected chi connectivity index (χ0v) is 20.1. The van der Waals surface area contributed by atoms with Crippen molar-refractivity contribution in [2.45, 2.75) is 27.7 Å². The molecule has 1 amide bonds. The molecule has 0 saturated heterocycles. The topological polar surface area (TPSA) is 83.8 Å². The highest BCUT2D eigenvalue weighted by atomic mass is 32.2. The Morgan fingerprint density at radius 2 is 1.79 bits per heavy atom. The van der Waals surface area contributed by atoms with Crippen molar-refractivity contribution in [2.24, 2.45) is 5.10 Å². The Morgan fingerprint density at radius 1 is 1.09 bits per heavy atom. The maximum absolute atomic E-state index is 14.1. The number of sulfonamides is 1. The summed E-state index contributed by atoms with van der Waals surface area (Å²) in [6.45, 7) is 7.46. The molecule has 3 aromatic rings. The Labute approximate surface area is 193 Å². The number of para-hydroxylation sites is 1. The van der Waals surface area contributed by atoms with Gasteiger partial charge in [0.25, 0.3) is 5.91 Å². The van der Waals surface area contributed by atoms with Gasteiger partial charge in [0, 0.05) is 22.6 Å². The molecule has 0 aliphatic rings. The summed E-state index contributed by atoms with van der Waals surface area (Å²) >= 11 is 0. The van der Waals surface area contributed by atoms with E-state index in [0.717, 1.165) is 35.0 Å². The highest BCUT2D eigenvalue weighted by molar-refractivity contribution is 7.92. The van der Waals surface area contributed by atoms with Crippen LogP contribution in [0.15, 0.2) is 53.6 Å². The molecule has 1 heterocycles. The summed E-state index contributed by atoms with van der Waals surface area (Å²) in [4.78, 5) is 12.4. The molecule has 0 fully saturated rings. The number of anilines is 1. The molecule has 0 unspecified atom stereocenters. The number of carbonyl (C=O) groups is 1. The van der Waals surface area contributed by atoms with E-state index in [-0.39, 0.29) is 5.69 Å². The maximum Gasteiger partial charge on any atom is 0.260 e. The second kappa shape index (κ2) is 9.58. The van der Waals surface area contributed by atoms with Gasteiger partial charge in [0.1, 0.15) is 12.4 Å². The second-order valence-electron chi connectivity index (χ2n) is 7.94. The van der Waals surface area contributed by atoms with Crippen LogP contribution in [0.2, 0.25) is 0 Å². The number of hydrogen-bond acceptors (Lipinski definition) is 4. The Hall–Kier alpha value is -3.46. The first-order valence-electron chi connectivity index (χ1n) is 10.3. The number of hydrazone groups is 1. The van der Waals surface area contributed by atoms with Crippen LogP contribution in [-0.4, -0.2) is 37.9 Å². The SMILES string of the molecule is Cc1ccc(-n2c(C)cc(C=NNC(=O)CN(c3ccccc3F)S(C)(=O)=O)c2C)cc1C. The van der Waals surface area contributed by atoms with E-state index < -0.39 is 28.3 Å². The molecule has 0 aliphatic heterocycles. The Balaban J connectivity index is 1.76. The molecule has 0 aliphatic carbocycles. The Bertz CT molecular complexity index is 1330. The number of halogens is 1. The van der Waals surface area contributed by atoms with Gasteiger partial charge in [0.2, 0.25) is 10.0 Å². The van der Waals surface area contributed by atoms with Crippen molar-refractivity contribution in [1.82, 2.24) is 9.99 Å². The third kappa shape index (κ3) is 5.48. The van der Waals surface area contributed by atoms with Gasteiger partial charge in [0.15, 0.2) is 0 Å². The third-order valence-corrected chi connectivity index (χ3v) is 6.55. The molecule has 33 heavy (non-hydrogen) atoms. The molecule has 9 heteroatoms. The standard InChI is InChI=1S/C24H27FN4O3S/c1-16-10-11-21(12-17(16)2)29-18(3)13-20(19(29)4)14-26-27-24(30)15-28(33(5,31)32)23-9-7-6-8-22(23)25/h6-14H,15H2,1-5H3,(H,27,30). The fraction of sp³-hybridized carbons (Fsp3) is 0.250. The second-order valence-corrected chi connectivity index (χ2v) is 9.85. The molecular formula is C24H27FN4O3S. The van der Waals surface area contributed by atoms with Crippen molar-refractivity contribution in [3.63, 3.8) is 0 Å². The van der Waals surface area contributed by atoms with E-state index >= 15 is 0 Å². The molecule has 0 atom stereocenters. The van der Waals surface area contributed by atoms with E-state index in [1.165, 1.54) is 35.5 Å². The summed E-state index contributed by atoms with van der Waals surface area (Å²) in [5.74, 6) is -1.43. The summed E-state index contributed by atoms with van der Waals surface area (Å²) in [6, 6.07) is 13.6. The van der Waals surface area contributed by atoms with Gasteiger partial charge in [-0.1, -0.05) is 18.2 Å². The predicted molar refractivity (Wildman–Crippen MR) is 129 cm³/mol. The molecule has 0 spiro atoms. The van der Waals surface area contributed by atoms with Gasteiger partial charge in [-0.25, -0.2) is 18.2 Å². The largest absolute Gasteiger partial charge is 0.318 e. The number of hydrogen-bond donors (Lipinski definition) is 1. The molecule has 174 valence electrons. The lowest BCUT2D eigenvalue weighted by atomic mass is 10.1. The van der Waals surface area contributed by atoms with Crippen LogP contribution in [0.25, 0.3) is 5.69 Å². The summed E-state index contributed by atoms with van der Waals surface area (Å²) in [7, 11) is -3.88. The van der Waals surface area contributed by atoms with Gasteiger partial charge in [0.05, 0.1) is 18.2 Å². The van der Waals surface area contributed by atoms with Crippen molar-refractivity contribution in [2.75, 3.05) is 17.1 Å². The van der Waals surface area contributed by atoms with Gasteiger partial charge in [-0.3, -0.25) is 9.10 Å². The molecule has 1 aromatic heterocycles. The van der Waals surface area contributed by atoms with Crippen LogP contribution in [0, 0.1) is 33.5 Å². The number of nitrogens with zero attached hydrogens (tertiary/aromatic N) is 3. The van der Waals surface area contributed by atoms with Crippen molar-refractivity contribution >= 4 is 27.8 Å². The first-order chi connectivity index (χ1) is 15.5. The average Bonchev–Trinajstić information content (AvgIpc) is 3.01. The lowest BCUT2D eigenvalue weighted by molar-refractivity contribution is -0.119. The number of aromatic nitrogens is 1. The van der Waals surface area contributed by atoms with Gasteiger partial charge >= 0.3 is 0 Å². The molecule has 3 rings (SSSR count). The monoisotopic (exact) mass is 470 g/mol. The van der Waals surface area contributed by atoms with E-state index in [0.29, 0.717) is 4.31 Å². The van der Waals surface area contributed by atoms with Crippen LogP contribution in [0.4, 0.5) is 10.1 Å².